The lowest BCUT2D eigenvalue weighted by molar-refractivity contribution is 0.346. The van der Waals surface area contributed by atoms with Gasteiger partial charge in [0.1, 0.15) is 0 Å². The third-order valence-electron chi connectivity index (χ3n) is 0.895. The highest BCUT2D eigenvalue weighted by Crippen LogP contribution is 2.51. The van der Waals surface area contributed by atoms with Crippen molar-refractivity contribution in [2.45, 2.75) is 13.8 Å². The average Bonchev–Trinajstić information content (AvgIpc) is 1.87. The fraction of sp³-hybridized carbons (Fsp3) is 0.667. The Kier molecular flexibility index (Phi) is 5.96. The lowest BCUT2D eigenvalue weighted by atomic mass is 10.6. The molecule has 0 saturated carbocycles. The predicted octanol–water partition coefficient (Wildman–Crippen LogP) is 2.40. The molecule has 0 aromatic carbocycles. The van der Waals surface area contributed by atoms with E-state index in [1.54, 1.807) is 6.92 Å². The zero-order valence-electron chi connectivity index (χ0n) is 6.82. The van der Waals surface area contributed by atoms with E-state index in [0.29, 0.717) is 12.4 Å². The van der Waals surface area contributed by atoms with Gasteiger partial charge in [-0.25, -0.2) is 0 Å². The van der Waals surface area contributed by atoms with Crippen LogP contribution in [0.2, 0.25) is 0 Å². The van der Waals surface area contributed by atoms with E-state index >= 15 is 0 Å². The van der Waals surface area contributed by atoms with Gasteiger partial charge in [0.15, 0.2) is 0 Å². The van der Waals surface area contributed by atoms with Crippen molar-refractivity contribution in [1.82, 2.24) is 0 Å². The summed E-state index contributed by atoms with van der Waals surface area (Å²) in [6.45, 7) is 1.22. The standard InChI is InChI=1S/C6H14NO2PS/c1-3-5-6-11-10(7,8)9-4-2/h3,5H,4,6H2,1-2H3,(H2,7,8). The molecule has 0 amide bonds. The molecule has 0 saturated heterocycles. The first kappa shape index (κ1) is 11.2. The number of allylic oxidation sites excluding steroid dienone is 1. The minimum absolute atomic E-state index is 0.399. The third kappa shape index (κ3) is 6.63. The topological polar surface area (TPSA) is 52.3 Å². The van der Waals surface area contributed by atoms with Gasteiger partial charge < -0.3 is 4.52 Å². The average molecular weight is 195 g/mol. The molecular formula is C6H14NO2PS. The molecule has 0 fully saturated rings. The van der Waals surface area contributed by atoms with Crippen molar-refractivity contribution in [3.8, 4) is 0 Å². The van der Waals surface area contributed by atoms with Crippen molar-refractivity contribution < 1.29 is 9.09 Å². The van der Waals surface area contributed by atoms with Crippen molar-refractivity contribution in [1.29, 1.82) is 0 Å². The smallest absolute Gasteiger partial charge is 0.310 e. The zero-order valence-corrected chi connectivity index (χ0v) is 8.53. The molecule has 66 valence electrons. The Labute approximate surface area is 71.6 Å². The van der Waals surface area contributed by atoms with Crippen molar-refractivity contribution in [3.05, 3.63) is 12.2 Å². The normalized spacial score (nSPS) is 17.0. The minimum atomic E-state index is -2.86. The van der Waals surface area contributed by atoms with Crippen molar-refractivity contribution in [2.24, 2.45) is 5.50 Å². The van der Waals surface area contributed by atoms with Crippen LogP contribution in [0.4, 0.5) is 0 Å². The molecule has 0 aliphatic carbocycles. The quantitative estimate of drug-likeness (QED) is 0.540. The highest BCUT2D eigenvalue weighted by Gasteiger charge is 2.14. The van der Waals surface area contributed by atoms with Gasteiger partial charge >= 0.3 is 6.72 Å². The molecule has 0 radical (unpaired) electrons. The number of nitrogens with two attached hydrogens (primary N) is 1. The van der Waals surface area contributed by atoms with E-state index in [0.717, 1.165) is 11.4 Å². The van der Waals surface area contributed by atoms with Crippen LogP contribution in [0.5, 0.6) is 0 Å². The first-order valence-corrected chi connectivity index (χ1v) is 6.69. The van der Waals surface area contributed by atoms with Crippen LogP contribution in [-0.4, -0.2) is 12.4 Å². The minimum Gasteiger partial charge on any atom is -0.310 e. The van der Waals surface area contributed by atoms with Crippen LogP contribution in [0, 0.1) is 0 Å². The summed E-state index contributed by atoms with van der Waals surface area (Å²) < 4.78 is 16.0. The fourth-order valence-corrected chi connectivity index (χ4v) is 2.80. The van der Waals surface area contributed by atoms with Crippen LogP contribution in [0.15, 0.2) is 12.2 Å². The first-order valence-electron chi connectivity index (χ1n) is 3.41. The van der Waals surface area contributed by atoms with Crippen LogP contribution < -0.4 is 5.50 Å². The molecule has 2 N–H and O–H groups in total. The van der Waals surface area contributed by atoms with Crippen LogP contribution in [-0.2, 0) is 9.09 Å². The van der Waals surface area contributed by atoms with Gasteiger partial charge in [0.2, 0.25) is 0 Å². The SMILES string of the molecule is CC=CCSP(N)(=O)OCC. The molecule has 1 unspecified atom stereocenters. The number of hydrogen-bond acceptors (Lipinski definition) is 3. The summed E-state index contributed by atoms with van der Waals surface area (Å²) in [4.78, 5) is 0. The molecule has 0 aliphatic rings. The second-order valence-electron chi connectivity index (χ2n) is 1.82. The molecule has 3 nitrogen and oxygen atoms in total. The monoisotopic (exact) mass is 195 g/mol. The maximum Gasteiger partial charge on any atom is 0.324 e. The van der Waals surface area contributed by atoms with Gasteiger partial charge in [0, 0.05) is 5.75 Å². The molecule has 0 aromatic rings. The van der Waals surface area contributed by atoms with Crippen molar-refractivity contribution in [2.75, 3.05) is 12.4 Å². The molecule has 0 aliphatic heterocycles. The fourth-order valence-electron chi connectivity index (χ4n) is 0.460. The molecule has 0 heterocycles. The number of rotatable bonds is 5. The summed E-state index contributed by atoms with van der Waals surface area (Å²) in [7, 11) is 0. The second kappa shape index (κ2) is 5.84. The lowest BCUT2D eigenvalue weighted by Gasteiger charge is -2.08. The first-order chi connectivity index (χ1) is 5.12. The highest BCUT2D eigenvalue weighted by atomic mass is 32.7. The maximum atomic E-state index is 11.2. The van der Waals surface area contributed by atoms with E-state index in [1.807, 2.05) is 19.1 Å². The van der Waals surface area contributed by atoms with Gasteiger partial charge in [-0.05, 0) is 25.2 Å². The molecule has 0 aromatic heterocycles. The van der Waals surface area contributed by atoms with Crippen LogP contribution >= 0.6 is 18.1 Å². The molecule has 11 heavy (non-hydrogen) atoms. The Bertz CT molecular complexity index is 172. The van der Waals surface area contributed by atoms with Crippen LogP contribution in [0.3, 0.4) is 0 Å². The van der Waals surface area contributed by atoms with Gasteiger partial charge in [-0.15, -0.1) is 0 Å². The molecule has 0 spiro atoms. The van der Waals surface area contributed by atoms with Gasteiger partial charge in [0.25, 0.3) is 0 Å². The summed E-state index contributed by atoms with van der Waals surface area (Å²) in [5, 5.41) is 0. The number of hydrogen-bond donors (Lipinski definition) is 1. The highest BCUT2D eigenvalue weighted by molar-refractivity contribution is 8.55. The third-order valence-corrected chi connectivity index (χ3v) is 4.06. The molecule has 0 bridgehead atoms. The summed E-state index contributed by atoms with van der Waals surface area (Å²) in [5.41, 5.74) is 5.33. The lowest BCUT2D eigenvalue weighted by Crippen LogP contribution is -1.95. The summed E-state index contributed by atoms with van der Waals surface area (Å²) >= 11 is 1.15. The van der Waals surface area contributed by atoms with Crippen LogP contribution in [0.25, 0.3) is 0 Å². The Morgan fingerprint density at radius 2 is 2.36 bits per heavy atom. The van der Waals surface area contributed by atoms with E-state index in [-0.39, 0.29) is 0 Å². The Balaban J connectivity index is 3.64. The van der Waals surface area contributed by atoms with Gasteiger partial charge in [-0.1, -0.05) is 12.2 Å². The largest absolute Gasteiger partial charge is 0.324 e. The Hall–Kier alpha value is 0.240. The van der Waals surface area contributed by atoms with E-state index in [2.05, 4.69) is 0 Å². The Morgan fingerprint density at radius 3 is 2.82 bits per heavy atom. The van der Waals surface area contributed by atoms with E-state index in [1.165, 1.54) is 0 Å². The van der Waals surface area contributed by atoms with Crippen LogP contribution in [0.1, 0.15) is 13.8 Å². The molecule has 0 rings (SSSR count). The zero-order chi connectivity index (χ0) is 8.74. The van der Waals surface area contributed by atoms with Crippen molar-refractivity contribution >= 4 is 18.1 Å². The van der Waals surface area contributed by atoms with Crippen molar-refractivity contribution in [3.63, 3.8) is 0 Å². The summed E-state index contributed by atoms with van der Waals surface area (Å²) in [6.07, 6.45) is 3.78. The molecule has 1 atom stereocenters. The summed E-state index contributed by atoms with van der Waals surface area (Å²) in [5.74, 6) is 0.643. The summed E-state index contributed by atoms with van der Waals surface area (Å²) in [6, 6.07) is 0. The van der Waals surface area contributed by atoms with Gasteiger partial charge in [0.05, 0.1) is 6.61 Å². The van der Waals surface area contributed by atoms with E-state index in [9.17, 15) is 4.57 Å². The predicted molar refractivity (Wildman–Crippen MR) is 50.7 cm³/mol. The molecular weight excluding hydrogens is 181 g/mol. The van der Waals surface area contributed by atoms with E-state index in [4.69, 9.17) is 10.0 Å². The molecule has 5 heteroatoms. The van der Waals surface area contributed by atoms with Gasteiger partial charge in [-0.2, -0.15) is 0 Å². The Morgan fingerprint density at radius 1 is 1.73 bits per heavy atom. The van der Waals surface area contributed by atoms with E-state index < -0.39 is 6.72 Å². The second-order valence-corrected chi connectivity index (χ2v) is 6.05. The maximum absolute atomic E-state index is 11.2. The van der Waals surface area contributed by atoms with Gasteiger partial charge in [-0.3, -0.25) is 10.1 Å².